The maximum absolute atomic E-state index is 13.6. The van der Waals surface area contributed by atoms with E-state index in [1.54, 1.807) is 27.2 Å². The molecule has 0 amide bonds. The third-order valence-electron chi connectivity index (χ3n) is 5.94. The maximum Gasteiger partial charge on any atom is 0.410 e. The van der Waals surface area contributed by atoms with E-state index < -0.39 is 12.2 Å². The number of nitrogens with zero attached hydrogens (tertiary/aromatic N) is 3. The van der Waals surface area contributed by atoms with Crippen LogP contribution in [-0.2, 0) is 6.54 Å². The quantitative estimate of drug-likeness (QED) is 0.764. The Hall–Kier alpha value is -2.42. The van der Waals surface area contributed by atoms with Crippen molar-refractivity contribution >= 4 is 5.82 Å². The number of benzene rings is 1. The number of aromatic nitrogens is 2. The molecule has 2 aliphatic heterocycles. The molecule has 2 aliphatic rings. The van der Waals surface area contributed by atoms with E-state index in [-0.39, 0.29) is 18.5 Å². The Morgan fingerprint density at radius 2 is 1.93 bits per heavy atom. The van der Waals surface area contributed by atoms with E-state index in [1.165, 1.54) is 0 Å². The Bertz CT molecular complexity index is 899. The Kier molecular flexibility index (Phi) is 5.57. The molecule has 0 bridgehead atoms. The van der Waals surface area contributed by atoms with Gasteiger partial charge in [0.15, 0.2) is 17.5 Å². The van der Waals surface area contributed by atoms with Crippen LogP contribution in [0.1, 0.15) is 49.5 Å². The standard InChI is InChI=1S/C21H27F3N4O2/c1-13-9-19(21(22,23)24)28-20(25-13)11-15(26-28)16-5-4-8-27(16)12-14-6-7-17(29-2)18(10-14)30-3/h6-7,10-11,13,16,19,25H,4-5,8-9,12H2,1-3H3/t13-,16+,19-/m1/s1. The molecule has 4 rings (SSSR count). The van der Waals surface area contributed by atoms with Crippen molar-refractivity contribution in [3.8, 4) is 11.5 Å². The van der Waals surface area contributed by atoms with Crippen LogP contribution in [0.5, 0.6) is 11.5 Å². The van der Waals surface area contributed by atoms with Crippen molar-refractivity contribution in [2.75, 3.05) is 26.1 Å². The van der Waals surface area contributed by atoms with Crippen molar-refractivity contribution in [1.29, 1.82) is 0 Å². The average Bonchev–Trinajstić information content (AvgIpc) is 3.32. The maximum atomic E-state index is 13.6. The minimum absolute atomic E-state index is 0.0119. The fourth-order valence-electron chi connectivity index (χ4n) is 4.50. The highest BCUT2D eigenvalue weighted by molar-refractivity contribution is 5.43. The molecule has 30 heavy (non-hydrogen) atoms. The summed E-state index contributed by atoms with van der Waals surface area (Å²) in [6, 6.07) is 5.73. The largest absolute Gasteiger partial charge is 0.493 e. The molecular formula is C21H27F3N4O2. The molecular weight excluding hydrogens is 397 g/mol. The first-order chi connectivity index (χ1) is 14.3. The SMILES string of the molecule is COc1ccc(CN2CCC[C@H]2c2cc3n(n2)[C@@H](C(F)(F)F)C[C@@H](C)N3)cc1OC. The number of nitrogens with one attached hydrogen (secondary N) is 1. The van der Waals surface area contributed by atoms with Gasteiger partial charge < -0.3 is 14.8 Å². The molecule has 9 heteroatoms. The molecule has 6 nitrogen and oxygen atoms in total. The predicted octanol–water partition coefficient (Wildman–Crippen LogP) is 4.54. The van der Waals surface area contributed by atoms with Crippen LogP contribution < -0.4 is 14.8 Å². The molecule has 0 unspecified atom stereocenters. The Labute approximate surface area is 173 Å². The lowest BCUT2D eigenvalue weighted by Crippen LogP contribution is -2.37. The number of anilines is 1. The zero-order valence-electron chi connectivity index (χ0n) is 17.4. The molecule has 1 aromatic carbocycles. The van der Waals surface area contributed by atoms with Gasteiger partial charge in [0.25, 0.3) is 0 Å². The lowest BCUT2D eigenvalue weighted by molar-refractivity contribution is -0.173. The molecule has 0 saturated carbocycles. The Morgan fingerprint density at radius 3 is 2.63 bits per heavy atom. The molecule has 3 atom stereocenters. The van der Waals surface area contributed by atoms with E-state index in [2.05, 4.69) is 15.3 Å². The van der Waals surface area contributed by atoms with Crippen LogP contribution >= 0.6 is 0 Å². The molecule has 3 heterocycles. The fraction of sp³-hybridized carbons (Fsp3) is 0.571. The van der Waals surface area contributed by atoms with Crippen molar-refractivity contribution in [3.05, 3.63) is 35.5 Å². The van der Waals surface area contributed by atoms with E-state index in [0.29, 0.717) is 29.6 Å². The molecule has 1 aromatic heterocycles. The Balaban J connectivity index is 1.58. The zero-order chi connectivity index (χ0) is 21.5. The van der Waals surface area contributed by atoms with Gasteiger partial charge in [0, 0.05) is 18.7 Å². The molecule has 1 fully saturated rings. The lowest BCUT2D eigenvalue weighted by atomic mass is 10.1. The highest BCUT2D eigenvalue weighted by atomic mass is 19.4. The number of methoxy groups -OCH3 is 2. The zero-order valence-corrected chi connectivity index (χ0v) is 17.4. The monoisotopic (exact) mass is 424 g/mol. The highest BCUT2D eigenvalue weighted by Crippen LogP contribution is 2.42. The minimum Gasteiger partial charge on any atom is -0.493 e. The number of hydrogen-bond acceptors (Lipinski definition) is 5. The third kappa shape index (κ3) is 3.95. The van der Waals surface area contributed by atoms with Crippen molar-refractivity contribution in [3.63, 3.8) is 0 Å². The van der Waals surface area contributed by atoms with Crippen LogP contribution in [0.2, 0.25) is 0 Å². The second-order valence-electron chi connectivity index (χ2n) is 8.06. The van der Waals surface area contributed by atoms with Crippen LogP contribution in [0.4, 0.5) is 19.0 Å². The van der Waals surface area contributed by atoms with Crippen LogP contribution in [-0.4, -0.2) is 47.7 Å². The summed E-state index contributed by atoms with van der Waals surface area (Å²) < 4.78 is 52.5. The number of likely N-dealkylation sites (tertiary alicyclic amines) is 1. The van der Waals surface area contributed by atoms with Gasteiger partial charge in [-0.05, 0) is 50.4 Å². The van der Waals surface area contributed by atoms with Crippen LogP contribution in [0.3, 0.4) is 0 Å². The van der Waals surface area contributed by atoms with E-state index in [1.807, 2.05) is 18.2 Å². The smallest absolute Gasteiger partial charge is 0.410 e. The first-order valence-corrected chi connectivity index (χ1v) is 10.2. The highest BCUT2D eigenvalue weighted by Gasteiger charge is 2.46. The van der Waals surface area contributed by atoms with E-state index in [0.717, 1.165) is 29.6 Å². The van der Waals surface area contributed by atoms with Gasteiger partial charge in [-0.1, -0.05) is 6.07 Å². The second-order valence-corrected chi connectivity index (χ2v) is 8.06. The molecule has 164 valence electrons. The first kappa shape index (κ1) is 20.8. The van der Waals surface area contributed by atoms with E-state index in [4.69, 9.17) is 9.47 Å². The summed E-state index contributed by atoms with van der Waals surface area (Å²) in [5.41, 5.74) is 1.75. The van der Waals surface area contributed by atoms with Crippen molar-refractivity contribution < 1.29 is 22.6 Å². The van der Waals surface area contributed by atoms with Crippen LogP contribution in [0, 0.1) is 0 Å². The molecule has 1 saturated heterocycles. The number of hydrogen-bond donors (Lipinski definition) is 1. The number of alkyl halides is 3. The molecule has 1 N–H and O–H groups in total. The summed E-state index contributed by atoms with van der Waals surface area (Å²) in [5.74, 6) is 1.78. The van der Waals surface area contributed by atoms with Gasteiger partial charge in [0.2, 0.25) is 0 Å². The summed E-state index contributed by atoms with van der Waals surface area (Å²) >= 11 is 0. The van der Waals surface area contributed by atoms with Gasteiger partial charge in [-0.2, -0.15) is 18.3 Å². The average molecular weight is 424 g/mol. The summed E-state index contributed by atoms with van der Waals surface area (Å²) in [5, 5.41) is 7.57. The predicted molar refractivity (Wildman–Crippen MR) is 107 cm³/mol. The fourth-order valence-corrected chi connectivity index (χ4v) is 4.50. The lowest BCUT2D eigenvalue weighted by Gasteiger charge is -2.31. The summed E-state index contributed by atoms with van der Waals surface area (Å²) in [6.07, 6.45) is -2.48. The van der Waals surface area contributed by atoms with Crippen molar-refractivity contribution in [2.45, 2.75) is 57.0 Å². The number of fused-ring (bicyclic) bond motifs is 1. The minimum atomic E-state index is -4.32. The van der Waals surface area contributed by atoms with Crippen LogP contribution in [0.25, 0.3) is 0 Å². The van der Waals surface area contributed by atoms with Crippen molar-refractivity contribution in [2.24, 2.45) is 0 Å². The summed E-state index contributed by atoms with van der Waals surface area (Å²) in [6.45, 7) is 3.31. The van der Waals surface area contributed by atoms with Gasteiger partial charge in [0.05, 0.1) is 26.0 Å². The van der Waals surface area contributed by atoms with Crippen LogP contribution in [0.15, 0.2) is 24.3 Å². The first-order valence-electron chi connectivity index (χ1n) is 10.2. The molecule has 0 spiro atoms. The molecule has 2 aromatic rings. The third-order valence-corrected chi connectivity index (χ3v) is 5.94. The number of ether oxygens (including phenoxy) is 2. The molecule has 0 radical (unpaired) electrons. The van der Waals surface area contributed by atoms with Gasteiger partial charge in [0.1, 0.15) is 5.82 Å². The normalized spacial score (nSPS) is 24.4. The van der Waals surface area contributed by atoms with Gasteiger partial charge in [-0.15, -0.1) is 0 Å². The topological polar surface area (TPSA) is 51.5 Å². The second kappa shape index (κ2) is 8.02. The van der Waals surface area contributed by atoms with E-state index in [9.17, 15) is 13.2 Å². The summed E-state index contributed by atoms with van der Waals surface area (Å²) in [4.78, 5) is 2.27. The molecule has 0 aliphatic carbocycles. The van der Waals surface area contributed by atoms with E-state index >= 15 is 0 Å². The van der Waals surface area contributed by atoms with Crippen molar-refractivity contribution in [1.82, 2.24) is 14.7 Å². The van der Waals surface area contributed by atoms with Gasteiger partial charge in [-0.25, -0.2) is 4.68 Å². The Morgan fingerprint density at radius 1 is 1.17 bits per heavy atom. The number of halogens is 3. The van der Waals surface area contributed by atoms with Gasteiger partial charge >= 0.3 is 6.18 Å². The summed E-state index contributed by atoms with van der Waals surface area (Å²) in [7, 11) is 3.19. The van der Waals surface area contributed by atoms with Gasteiger partial charge in [-0.3, -0.25) is 4.90 Å². The number of rotatable bonds is 5.